The number of thiazole rings is 1. The van der Waals surface area contributed by atoms with Gasteiger partial charge in [-0.1, -0.05) is 27.3 Å². The molecule has 1 aromatic heterocycles. The fraction of sp³-hybridized carbons (Fsp3) is 0.417. The van der Waals surface area contributed by atoms with Crippen molar-refractivity contribution < 1.29 is 22.7 Å². The Hall–Kier alpha value is -1.89. The van der Waals surface area contributed by atoms with E-state index in [-0.39, 0.29) is 11.0 Å². The van der Waals surface area contributed by atoms with Gasteiger partial charge in [0.1, 0.15) is 0 Å². The monoisotopic (exact) mass is 581 g/mol. The molecule has 8 nitrogen and oxygen atoms in total. The van der Waals surface area contributed by atoms with E-state index in [4.69, 9.17) is 9.47 Å². The van der Waals surface area contributed by atoms with E-state index in [1.807, 2.05) is 29.7 Å². The maximum atomic E-state index is 13.0. The van der Waals surface area contributed by atoms with Crippen molar-refractivity contribution in [1.29, 1.82) is 0 Å². The van der Waals surface area contributed by atoms with Gasteiger partial charge in [-0.3, -0.25) is 4.79 Å². The summed E-state index contributed by atoms with van der Waals surface area (Å²) in [5.41, 5.74) is 1.29. The quantitative estimate of drug-likeness (QED) is 0.356. The number of rotatable bonds is 9. The van der Waals surface area contributed by atoms with Gasteiger partial charge in [0.15, 0.2) is 4.80 Å². The number of carbonyl (C=O) groups is 1. The minimum atomic E-state index is -3.68. The van der Waals surface area contributed by atoms with Crippen molar-refractivity contribution in [1.82, 2.24) is 8.87 Å². The van der Waals surface area contributed by atoms with E-state index in [0.29, 0.717) is 43.3 Å². The lowest BCUT2D eigenvalue weighted by Gasteiger charge is -2.20. The first kappa shape index (κ1) is 26.2. The molecule has 0 bridgehead atoms. The Balaban J connectivity index is 1.58. The zero-order chi connectivity index (χ0) is 25.0. The van der Waals surface area contributed by atoms with Gasteiger partial charge >= 0.3 is 0 Å². The maximum Gasteiger partial charge on any atom is 0.279 e. The van der Waals surface area contributed by atoms with Crippen LogP contribution in [0, 0.1) is 0 Å². The number of hydrogen-bond acceptors (Lipinski definition) is 6. The van der Waals surface area contributed by atoms with Gasteiger partial charge in [0.05, 0.1) is 27.8 Å². The molecule has 0 radical (unpaired) electrons. The summed E-state index contributed by atoms with van der Waals surface area (Å²) in [6, 6.07) is 11.9. The first-order valence-electron chi connectivity index (χ1n) is 11.4. The largest absolute Gasteiger partial charge is 0.380 e. The van der Waals surface area contributed by atoms with Crippen LogP contribution < -0.4 is 4.80 Å². The number of nitrogens with zero attached hydrogens (tertiary/aromatic N) is 3. The minimum absolute atomic E-state index is 0.0780. The first-order chi connectivity index (χ1) is 16.8. The second-order valence-corrected chi connectivity index (χ2v) is 12.2. The highest BCUT2D eigenvalue weighted by molar-refractivity contribution is 9.10. The summed E-state index contributed by atoms with van der Waals surface area (Å²) in [7, 11) is -2.13. The lowest BCUT2D eigenvalue weighted by atomic mass is 10.2. The van der Waals surface area contributed by atoms with E-state index < -0.39 is 15.9 Å². The molecule has 0 N–H and O–H groups in total. The molecular weight excluding hydrogens is 554 g/mol. The number of benzene rings is 2. The average Bonchev–Trinajstić information content (AvgIpc) is 3.46. The van der Waals surface area contributed by atoms with Crippen LogP contribution in [0.4, 0.5) is 0 Å². The molecule has 1 fully saturated rings. The van der Waals surface area contributed by atoms with Crippen LogP contribution in [0.5, 0.6) is 0 Å². The molecule has 3 aromatic rings. The smallest absolute Gasteiger partial charge is 0.279 e. The van der Waals surface area contributed by atoms with Crippen molar-refractivity contribution in [3.63, 3.8) is 0 Å². The second kappa shape index (κ2) is 11.4. The zero-order valence-electron chi connectivity index (χ0n) is 19.6. The zero-order valence-corrected chi connectivity index (χ0v) is 22.9. The summed E-state index contributed by atoms with van der Waals surface area (Å²) in [5.74, 6) is -0.433. The molecule has 2 heterocycles. The van der Waals surface area contributed by atoms with E-state index in [0.717, 1.165) is 27.5 Å². The van der Waals surface area contributed by atoms with Crippen molar-refractivity contribution in [2.75, 3.05) is 33.4 Å². The van der Waals surface area contributed by atoms with Gasteiger partial charge in [0, 0.05) is 43.4 Å². The molecule has 188 valence electrons. The molecule has 0 spiro atoms. The highest BCUT2D eigenvalue weighted by Gasteiger charge is 2.26. The summed E-state index contributed by atoms with van der Waals surface area (Å²) in [6.07, 6.45) is 1.72. The van der Waals surface area contributed by atoms with Crippen LogP contribution in [-0.4, -0.2) is 62.7 Å². The third-order valence-electron chi connectivity index (χ3n) is 5.80. The van der Waals surface area contributed by atoms with E-state index in [9.17, 15) is 13.2 Å². The van der Waals surface area contributed by atoms with Gasteiger partial charge in [-0.05, 0) is 62.2 Å². The van der Waals surface area contributed by atoms with Crippen LogP contribution in [0.3, 0.4) is 0 Å². The predicted molar refractivity (Wildman–Crippen MR) is 139 cm³/mol. The molecule has 1 unspecified atom stereocenters. The fourth-order valence-corrected chi connectivity index (χ4v) is 6.73. The third kappa shape index (κ3) is 6.10. The normalized spacial score (nSPS) is 17.0. The summed E-state index contributed by atoms with van der Waals surface area (Å²) >= 11 is 4.91. The minimum Gasteiger partial charge on any atom is -0.380 e. The summed E-state index contributed by atoms with van der Waals surface area (Å²) < 4.78 is 42.2. The molecule has 2 aromatic carbocycles. The molecule has 1 aliphatic heterocycles. The Labute approximate surface area is 217 Å². The number of fused-ring (bicyclic) bond motifs is 1. The van der Waals surface area contributed by atoms with Gasteiger partial charge in [0.25, 0.3) is 5.91 Å². The maximum absolute atomic E-state index is 13.0. The average molecular weight is 583 g/mol. The fourth-order valence-electron chi connectivity index (χ4n) is 3.92. The molecule has 11 heteroatoms. The molecule has 1 atom stereocenters. The van der Waals surface area contributed by atoms with Gasteiger partial charge in [0.2, 0.25) is 10.0 Å². The summed E-state index contributed by atoms with van der Waals surface area (Å²) in [5, 5.41) is 0. The van der Waals surface area contributed by atoms with Crippen LogP contribution in [-0.2, 0) is 26.0 Å². The van der Waals surface area contributed by atoms with Crippen molar-refractivity contribution >= 4 is 53.4 Å². The molecule has 1 amide bonds. The molecule has 1 aliphatic rings. The Morgan fingerprint density at radius 3 is 2.74 bits per heavy atom. The molecule has 35 heavy (non-hydrogen) atoms. The Kier molecular flexibility index (Phi) is 8.56. The van der Waals surface area contributed by atoms with E-state index in [1.165, 1.54) is 39.9 Å². The number of amides is 1. The first-order valence-corrected chi connectivity index (χ1v) is 14.5. The number of halogens is 1. The molecule has 4 rings (SSSR count). The summed E-state index contributed by atoms with van der Waals surface area (Å²) in [6.45, 7) is 4.59. The van der Waals surface area contributed by atoms with E-state index in [1.54, 1.807) is 7.05 Å². The predicted octanol–water partition coefficient (Wildman–Crippen LogP) is 4.04. The number of hydrogen-bond donors (Lipinski definition) is 0. The number of carbonyl (C=O) groups excluding carboxylic acids is 1. The van der Waals surface area contributed by atoms with Gasteiger partial charge in [-0.25, -0.2) is 8.42 Å². The standard InChI is InChI=1S/C24H28BrN3O5S2/c1-3-32-14-12-28-21-11-8-18(25)15-22(21)34-24(28)26-23(29)17-6-9-20(10-7-17)35(30,31)27(2)16-19-5-4-13-33-19/h6-11,15,19H,3-5,12-14,16H2,1-2H3. The van der Waals surface area contributed by atoms with Crippen LogP contribution in [0.1, 0.15) is 30.1 Å². The number of sulfonamides is 1. The van der Waals surface area contributed by atoms with Crippen LogP contribution >= 0.6 is 27.3 Å². The highest BCUT2D eigenvalue weighted by atomic mass is 79.9. The Morgan fingerprint density at radius 1 is 1.29 bits per heavy atom. The lowest BCUT2D eigenvalue weighted by Crippen LogP contribution is -2.34. The number of likely N-dealkylation sites (N-methyl/N-ethyl adjacent to an activating group) is 1. The van der Waals surface area contributed by atoms with Gasteiger partial charge < -0.3 is 14.0 Å². The topological polar surface area (TPSA) is 90.2 Å². The lowest BCUT2D eigenvalue weighted by molar-refractivity contribution is 0.0979. The SMILES string of the molecule is CCOCCn1c(=NC(=O)c2ccc(S(=O)(=O)N(C)CC3CCCO3)cc2)sc2cc(Br)ccc21. The highest BCUT2D eigenvalue weighted by Crippen LogP contribution is 2.23. The van der Waals surface area contributed by atoms with Crippen LogP contribution in [0.25, 0.3) is 10.2 Å². The molecule has 0 aliphatic carbocycles. The Bertz CT molecular complexity index is 1360. The van der Waals surface area contributed by atoms with Crippen molar-refractivity contribution in [2.45, 2.75) is 37.3 Å². The Morgan fingerprint density at radius 2 is 2.06 bits per heavy atom. The van der Waals surface area contributed by atoms with E-state index >= 15 is 0 Å². The molecular formula is C24H28BrN3O5S2. The molecule has 1 saturated heterocycles. The summed E-state index contributed by atoms with van der Waals surface area (Å²) in [4.78, 5) is 18.0. The van der Waals surface area contributed by atoms with Crippen molar-refractivity contribution in [3.8, 4) is 0 Å². The number of aromatic nitrogens is 1. The van der Waals surface area contributed by atoms with Crippen molar-refractivity contribution in [3.05, 3.63) is 57.3 Å². The third-order valence-corrected chi connectivity index (χ3v) is 9.17. The van der Waals surface area contributed by atoms with Crippen molar-refractivity contribution in [2.24, 2.45) is 4.99 Å². The van der Waals surface area contributed by atoms with Crippen LogP contribution in [0.15, 0.2) is 56.8 Å². The van der Waals surface area contributed by atoms with E-state index in [2.05, 4.69) is 20.9 Å². The van der Waals surface area contributed by atoms with Gasteiger partial charge in [-0.2, -0.15) is 9.30 Å². The number of ether oxygens (including phenoxy) is 2. The van der Waals surface area contributed by atoms with Gasteiger partial charge in [-0.15, -0.1) is 0 Å². The van der Waals surface area contributed by atoms with Crippen LogP contribution in [0.2, 0.25) is 0 Å². The second-order valence-electron chi connectivity index (χ2n) is 8.21. The molecule has 0 saturated carbocycles.